The van der Waals surface area contributed by atoms with Gasteiger partial charge in [0, 0.05) is 17.5 Å². The number of rotatable bonds is 5. The molecule has 2 amide bonds. The van der Waals surface area contributed by atoms with Crippen LogP contribution >= 0.6 is 23.2 Å². The van der Waals surface area contributed by atoms with E-state index in [2.05, 4.69) is 10.9 Å². The fourth-order valence-corrected chi connectivity index (χ4v) is 4.45. The molecule has 1 fully saturated rings. The van der Waals surface area contributed by atoms with Crippen LogP contribution in [0.15, 0.2) is 18.2 Å². The Labute approximate surface area is 149 Å². The average molecular weight is 395 g/mol. The average Bonchev–Trinajstić information content (AvgIpc) is 2.85. The fourth-order valence-electron chi connectivity index (χ4n) is 2.25. The van der Waals surface area contributed by atoms with Crippen LogP contribution in [0.3, 0.4) is 0 Å². The number of sulfone groups is 1. The number of nitrogens with one attached hydrogen (secondary N) is 2. The van der Waals surface area contributed by atoms with Crippen LogP contribution in [0.1, 0.15) is 12.8 Å². The SMILES string of the molecule is O=C(COc1cc(Cl)ccc1Cl)NNC(=O)CC1CCS(=O)(=O)C1. The Morgan fingerprint density at radius 3 is 2.58 bits per heavy atom. The Hall–Kier alpha value is -1.51. The Morgan fingerprint density at radius 2 is 1.92 bits per heavy atom. The molecule has 1 heterocycles. The van der Waals surface area contributed by atoms with Crippen LogP contribution in [0.4, 0.5) is 0 Å². The molecule has 0 aliphatic carbocycles. The maximum Gasteiger partial charge on any atom is 0.276 e. The minimum Gasteiger partial charge on any atom is -0.482 e. The van der Waals surface area contributed by atoms with Crippen LogP contribution in [-0.2, 0) is 19.4 Å². The lowest BCUT2D eigenvalue weighted by molar-refractivity contribution is -0.130. The van der Waals surface area contributed by atoms with Crippen LogP contribution in [0, 0.1) is 5.92 Å². The van der Waals surface area contributed by atoms with Gasteiger partial charge in [-0.2, -0.15) is 0 Å². The first kappa shape index (κ1) is 18.8. The third-order valence-electron chi connectivity index (χ3n) is 3.39. The number of hydrogen-bond acceptors (Lipinski definition) is 5. The lowest BCUT2D eigenvalue weighted by Crippen LogP contribution is -2.44. The van der Waals surface area contributed by atoms with Gasteiger partial charge in [0.25, 0.3) is 5.91 Å². The van der Waals surface area contributed by atoms with Gasteiger partial charge in [-0.05, 0) is 24.5 Å². The third-order valence-corrected chi connectivity index (χ3v) is 5.78. The van der Waals surface area contributed by atoms with Gasteiger partial charge in [0.1, 0.15) is 5.75 Å². The summed E-state index contributed by atoms with van der Waals surface area (Å²) in [5.41, 5.74) is 4.42. The second-order valence-electron chi connectivity index (χ2n) is 5.43. The molecule has 2 rings (SSSR count). The van der Waals surface area contributed by atoms with Crippen molar-refractivity contribution in [3.63, 3.8) is 0 Å². The maximum atomic E-state index is 11.7. The molecule has 132 valence electrons. The van der Waals surface area contributed by atoms with E-state index in [4.69, 9.17) is 27.9 Å². The van der Waals surface area contributed by atoms with Gasteiger partial charge < -0.3 is 4.74 Å². The first-order valence-corrected chi connectivity index (χ1v) is 9.69. The highest BCUT2D eigenvalue weighted by Crippen LogP contribution is 2.27. The number of halogens is 2. The molecule has 1 aliphatic rings. The summed E-state index contributed by atoms with van der Waals surface area (Å²) in [4.78, 5) is 23.3. The number of ether oxygens (including phenoxy) is 1. The van der Waals surface area contributed by atoms with E-state index in [1.165, 1.54) is 12.1 Å². The number of benzene rings is 1. The summed E-state index contributed by atoms with van der Waals surface area (Å²) in [6.07, 6.45) is 0.501. The Balaban J connectivity index is 1.71. The van der Waals surface area contributed by atoms with E-state index in [1.807, 2.05) is 0 Å². The summed E-state index contributed by atoms with van der Waals surface area (Å²) in [6, 6.07) is 4.59. The quantitative estimate of drug-likeness (QED) is 0.733. The van der Waals surface area contributed by atoms with Crippen LogP contribution in [0.5, 0.6) is 5.75 Å². The first-order valence-electron chi connectivity index (χ1n) is 7.11. The van der Waals surface area contributed by atoms with Crippen molar-refractivity contribution in [1.29, 1.82) is 0 Å². The molecule has 1 aromatic rings. The summed E-state index contributed by atoms with van der Waals surface area (Å²) < 4.78 is 27.9. The van der Waals surface area contributed by atoms with Gasteiger partial charge in [-0.3, -0.25) is 20.4 Å². The molecule has 7 nitrogen and oxygen atoms in total. The summed E-state index contributed by atoms with van der Waals surface area (Å²) >= 11 is 11.7. The highest BCUT2D eigenvalue weighted by Gasteiger charge is 2.29. The van der Waals surface area contributed by atoms with Crippen molar-refractivity contribution in [2.45, 2.75) is 12.8 Å². The molecule has 0 radical (unpaired) electrons. The molecule has 1 aromatic carbocycles. The number of carbonyl (C=O) groups excluding carboxylic acids is 2. The van der Waals surface area contributed by atoms with Gasteiger partial charge in [0.05, 0.1) is 16.5 Å². The van der Waals surface area contributed by atoms with Crippen LogP contribution in [0.25, 0.3) is 0 Å². The van der Waals surface area contributed by atoms with Crippen LogP contribution < -0.4 is 15.6 Å². The standard InChI is InChI=1S/C14H16Cl2N2O5S/c15-10-1-2-11(16)12(6-10)23-7-14(20)18-17-13(19)5-9-3-4-24(21,22)8-9/h1-2,6,9H,3-5,7-8H2,(H,17,19)(H,18,20). The molecule has 0 saturated carbocycles. The largest absolute Gasteiger partial charge is 0.482 e. The summed E-state index contributed by atoms with van der Waals surface area (Å²) in [7, 11) is -3.03. The topological polar surface area (TPSA) is 102 Å². The summed E-state index contributed by atoms with van der Waals surface area (Å²) in [5.74, 6) is -0.893. The van der Waals surface area contributed by atoms with Gasteiger partial charge >= 0.3 is 0 Å². The number of hydrazine groups is 1. The molecule has 1 atom stereocenters. The molecule has 1 aliphatic heterocycles. The molecule has 24 heavy (non-hydrogen) atoms. The molecule has 10 heteroatoms. The van der Waals surface area contributed by atoms with Crippen molar-refractivity contribution in [3.8, 4) is 5.75 Å². The van der Waals surface area contributed by atoms with E-state index in [-0.39, 0.29) is 36.2 Å². The highest BCUT2D eigenvalue weighted by atomic mass is 35.5. The summed E-state index contributed by atoms with van der Waals surface area (Å²) in [6.45, 7) is -0.363. The molecule has 0 spiro atoms. The number of carbonyl (C=O) groups is 2. The molecule has 0 aromatic heterocycles. The lowest BCUT2D eigenvalue weighted by atomic mass is 10.1. The van der Waals surface area contributed by atoms with Crippen molar-refractivity contribution in [2.24, 2.45) is 5.92 Å². The van der Waals surface area contributed by atoms with Crippen molar-refractivity contribution in [3.05, 3.63) is 28.2 Å². The number of amides is 2. The normalized spacial score (nSPS) is 18.8. The Morgan fingerprint density at radius 1 is 1.21 bits per heavy atom. The van der Waals surface area contributed by atoms with Gasteiger partial charge in [-0.1, -0.05) is 23.2 Å². The van der Waals surface area contributed by atoms with E-state index in [1.54, 1.807) is 6.07 Å². The van der Waals surface area contributed by atoms with Gasteiger partial charge in [-0.25, -0.2) is 8.42 Å². The van der Waals surface area contributed by atoms with E-state index >= 15 is 0 Å². The summed E-state index contributed by atoms with van der Waals surface area (Å²) in [5, 5.41) is 0.716. The van der Waals surface area contributed by atoms with E-state index in [0.717, 1.165) is 0 Å². The van der Waals surface area contributed by atoms with Crippen LogP contribution in [-0.4, -0.2) is 38.3 Å². The molecule has 2 N–H and O–H groups in total. The Kier molecular flexibility index (Phi) is 6.31. The van der Waals surface area contributed by atoms with Crippen LogP contribution in [0.2, 0.25) is 10.0 Å². The molecular weight excluding hydrogens is 379 g/mol. The second-order valence-corrected chi connectivity index (χ2v) is 8.51. The minimum absolute atomic E-state index is 0.00471. The van der Waals surface area contributed by atoms with Crippen molar-refractivity contribution in [1.82, 2.24) is 10.9 Å². The van der Waals surface area contributed by atoms with Gasteiger partial charge in [0.2, 0.25) is 5.91 Å². The molecule has 1 unspecified atom stereocenters. The zero-order valence-corrected chi connectivity index (χ0v) is 14.9. The zero-order chi connectivity index (χ0) is 17.7. The van der Waals surface area contributed by atoms with Crippen molar-refractivity contribution in [2.75, 3.05) is 18.1 Å². The van der Waals surface area contributed by atoms with Gasteiger partial charge in [-0.15, -0.1) is 0 Å². The third kappa shape index (κ3) is 5.85. The van der Waals surface area contributed by atoms with Crippen molar-refractivity contribution < 1.29 is 22.7 Å². The van der Waals surface area contributed by atoms with E-state index < -0.39 is 21.7 Å². The molecule has 1 saturated heterocycles. The molecule has 0 bridgehead atoms. The van der Waals surface area contributed by atoms with Gasteiger partial charge in [0.15, 0.2) is 16.4 Å². The maximum absolute atomic E-state index is 11.7. The minimum atomic E-state index is -3.03. The first-order chi connectivity index (χ1) is 11.2. The predicted molar refractivity (Wildman–Crippen MR) is 89.6 cm³/mol. The monoisotopic (exact) mass is 394 g/mol. The predicted octanol–water partition coefficient (Wildman–Crippen LogP) is 1.34. The second kappa shape index (κ2) is 8.04. The van der Waals surface area contributed by atoms with E-state index in [0.29, 0.717) is 16.5 Å². The lowest BCUT2D eigenvalue weighted by Gasteiger charge is -2.11. The number of hydrogen-bond donors (Lipinski definition) is 2. The smallest absolute Gasteiger partial charge is 0.276 e. The van der Waals surface area contributed by atoms with E-state index in [9.17, 15) is 18.0 Å². The fraction of sp³-hybridized carbons (Fsp3) is 0.429. The Bertz CT molecular complexity index is 739. The van der Waals surface area contributed by atoms with Crippen molar-refractivity contribution >= 4 is 44.9 Å². The highest BCUT2D eigenvalue weighted by molar-refractivity contribution is 7.91. The molecular formula is C14H16Cl2N2O5S. The zero-order valence-electron chi connectivity index (χ0n) is 12.6.